The molecule has 2 N–H and O–H groups in total. The second-order valence-electron chi connectivity index (χ2n) is 5.56. The fraction of sp³-hybridized carbons (Fsp3) is 0.438. The quantitative estimate of drug-likeness (QED) is 0.884. The molecule has 0 unspecified atom stereocenters. The molecule has 3 heterocycles. The van der Waals surface area contributed by atoms with Crippen molar-refractivity contribution in [1.29, 1.82) is 0 Å². The van der Waals surface area contributed by atoms with E-state index in [2.05, 4.69) is 25.5 Å². The van der Waals surface area contributed by atoms with Gasteiger partial charge < -0.3 is 15.5 Å². The molecule has 0 bridgehead atoms. The van der Waals surface area contributed by atoms with Crippen molar-refractivity contribution in [2.24, 2.45) is 0 Å². The third-order valence-electron chi connectivity index (χ3n) is 3.77. The summed E-state index contributed by atoms with van der Waals surface area (Å²) in [7, 11) is 0. The summed E-state index contributed by atoms with van der Waals surface area (Å²) in [6.07, 6.45) is 4.86. The van der Waals surface area contributed by atoms with E-state index in [0.717, 1.165) is 41.7 Å². The maximum Gasteiger partial charge on any atom is 0.319 e. The van der Waals surface area contributed by atoms with Crippen LogP contribution in [0, 0.1) is 6.92 Å². The fourth-order valence-electron chi connectivity index (χ4n) is 2.67. The number of urea groups is 1. The molecule has 0 spiro atoms. The van der Waals surface area contributed by atoms with E-state index in [1.165, 1.54) is 12.8 Å². The van der Waals surface area contributed by atoms with Gasteiger partial charge in [-0.3, -0.25) is 0 Å². The van der Waals surface area contributed by atoms with Crippen molar-refractivity contribution in [3.8, 4) is 0 Å². The molecular weight excluding hydrogens is 310 g/mol. The molecule has 1 fully saturated rings. The number of pyridine rings is 1. The molecule has 1 saturated heterocycles. The van der Waals surface area contributed by atoms with Gasteiger partial charge in [0, 0.05) is 37.6 Å². The van der Waals surface area contributed by atoms with Crippen LogP contribution in [0.3, 0.4) is 0 Å². The third-order valence-corrected chi connectivity index (χ3v) is 4.60. The van der Waals surface area contributed by atoms with Gasteiger partial charge in [0.25, 0.3) is 0 Å². The predicted octanol–water partition coefficient (Wildman–Crippen LogP) is 2.81. The number of nitrogens with one attached hydrogen (secondary N) is 2. The summed E-state index contributed by atoms with van der Waals surface area (Å²) in [4.78, 5) is 23.1. The molecular formula is C16H21N5OS. The molecule has 1 aliphatic rings. The van der Waals surface area contributed by atoms with E-state index in [9.17, 15) is 4.79 Å². The minimum atomic E-state index is -0.203. The predicted molar refractivity (Wildman–Crippen MR) is 93.3 cm³/mol. The van der Waals surface area contributed by atoms with Crippen LogP contribution in [0.15, 0.2) is 23.7 Å². The number of amides is 2. The van der Waals surface area contributed by atoms with Crippen molar-refractivity contribution in [2.75, 3.05) is 29.9 Å². The molecule has 1 aliphatic heterocycles. The van der Waals surface area contributed by atoms with Gasteiger partial charge in [0.1, 0.15) is 0 Å². The van der Waals surface area contributed by atoms with Crippen LogP contribution < -0.4 is 15.5 Å². The minimum absolute atomic E-state index is 0.203. The molecule has 122 valence electrons. The number of aromatic nitrogens is 2. The summed E-state index contributed by atoms with van der Waals surface area (Å²) in [6, 6.07) is 3.53. The van der Waals surface area contributed by atoms with Gasteiger partial charge in [0.2, 0.25) is 0 Å². The Balaban J connectivity index is 1.53. The molecule has 3 rings (SSSR count). The highest BCUT2D eigenvalue weighted by molar-refractivity contribution is 7.09. The molecule has 7 heteroatoms. The van der Waals surface area contributed by atoms with Crippen LogP contribution in [0.5, 0.6) is 0 Å². The molecule has 0 aromatic carbocycles. The number of carbonyl (C=O) groups is 1. The Morgan fingerprint density at radius 3 is 2.96 bits per heavy atom. The highest BCUT2D eigenvalue weighted by atomic mass is 32.1. The minimum Gasteiger partial charge on any atom is -0.355 e. The van der Waals surface area contributed by atoms with Crippen molar-refractivity contribution in [3.05, 3.63) is 34.4 Å². The van der Waals surface area contributed by atoms with Gasteiger partial charge in [-0.25, -0.2) is 14.8 Å². The first-order valence-electron chi connectivity index (χ1n) is 7.88. The van der Waals surface area contributed by atoms with Crippen molar-refractivity contribution in [3.63, 3.8) is 0 Å². The maximum absolute atomic E-state index is 12.1. The Hall–Kier alpha value is -2.15. The Morgan fingerprint density at radius 2 is 2.22 bits per heavy atom. The van der Waals surface area contributed by atoms with Crippen LogP contribution in [0.1, 0.15) is 23.5 Å². The second kappa shape index (κ2) is 7.41. The SMILES string of the molecule is Cc1nc(CCNC(=O)Nc2cccnc2N2CCCC2)cs1. The van der Waals surface area contributed by atoms with Gasteiger partial charge in [-0.15, -0.1) is 11.3 Å². The van der Waals surface area contributed by atoms with Crippen molar-refractivity contribution >= 4 is 28.9 Å². The molecule has 0 atom stereocenters. The lowest BCUT2D eigenvalue weighted by atomic mass is 10.3. The topological polar surface area (TPSA) is 70.1 Å². The number of anilines is 2. The number of carbonyl (C=O) groups excluding carboxylic acids is 1. The lowest BCUT2D eigenvalue weighted by molar-refractivity contribution is 0.252. The molecule has 0 saturated carbocycles. The van der Waals surface area contributed by atoms with Crippen LogP contribution >= 0.6 is 11.3 Å². The lowest BCUT2D eigenvalue weighted by Crippen LogP contribution is -2.31. The van der Waals surface area contributed by atoms with Crippen LogP contribution in [0.2, 0.25) is 0 Å². The smallest absolute Gasteiger partial charge is 0.319 e. The van der Waals surface area contributed by atoms with Gasteiger partial charge in [-0.1, -0.05) is 0 Å². The van der Waals surface area contributed by atoms with E-state index in [-0.39, 0.29) is 6.03 Å². The number of hydrogen-bond donors (Lipinski definition) is 2. The van der Waals surface area contributed by atoms with Crippen LogP contribution in [-0.2, 0) is 6.42 Å². The van der Waals surface area contributed by atoms with E-state index < -0.39 is 0 Å². The summed E-state index contributed by atoms with van der Waals surface area (Å²) in [6.45, 7) is 4.54. The zero-order valence-corrected chi connectivity index (χ0v) is 14.0. The molecule has 2 aromatic heterocycles. The van der Waals surface area contributed by atoms with Gasteiger partial charge >= 0.3 is 6.03 Å². The van der Waals surface area contributed by atoms with Gasteiger partial charge in [-0.05, 0) is 31.9 Å². The van der Waals surface area contributed by atoms with Crippen molar-refractivity contribution in [1.82, 2.24) is 15.3 Å². The molecule has 23 heavy (non-hydrogen) atoms. The number of rotatable bonds is 5. The first kappa shape index (κ1) is 15.7. The van der Waals surface area contributed by atoms with E-state index in [1.54, 1.807) is 17.5 Å². The Kier molecular flexibility index (Phi) is 5.07. The zero-order valence-electron chi connectivity index (χ0n) is 13.2. The van der Waals surface area contributed by atoms with Crippen LogP contribution in [0.25, 0.3) is 0 Å². The van der Waals surface area contributed by atoms with E-state index in [0.29, 0.717) is 6.54 Å². The average Bonchev–Trinajstić information content (AvgIpc) is 3.20. The Labute approximate surface area is 140 Å². The number of thiazole rings is 1. The lowest BCUT2D eigenvalue weighted by Gasteiger charge is -2.20. The normalized spacial score (nSPS) is 14.0. The van der Waals surface area contributed by atoms with E-state index in [4.69, 9.17) is 0 Å². The fourth-order valence-corrected chi connectivity index (χ4v) is 3.32. The first-order valence-corrected chi connectivity index (χ1v) is 8.76. The number of hydrogen-bond acceptors (Lipinski definition) is 5. The van der Waals surface area contributed by atoms with Crippen LogP contribution in [0.4, 0.5) is 16.3 Å². The van der Waals surface area contributed by atoms with Gasteiger partial charge in [0.15, 0.2) is 5.82 Å². The standard InChI is InChI=1S/C16H21N5OS/c1-12-19-13(11-23-12)6-8-18-16(22)20-14-5-4-7-17-15(14)21-9-2-3-10-21/h4-5,7,11H,2-3,6,8-10H2,1H3,(H2,18,20,22). The van der Waals surface area contributed by atoms with Crippen LogP contribution in [-0.4, -0.2) is 35.6 Å². The molecule has 2 amide bonds. The van der Waals surface area contributed by atoms with Gasteiger partial charge in [0.05, 0.1) is 16.4 Å². The largest absolute Gasteiger partial charge is 0.355 e. The summed E-state index contributed by atoms with van der Waals surface area (Å²) in [5.74, 6) is 0.857. The molecule has 0 aliphatic carbocycles. The zero-order chi connectivity index (χ0) is 16.1. The van der Waals surface area contributed by atoms with Crippen molar-refractivity contribution < 1.29 is 4.79 Å². The highest BCUT2D eigenvalue weighted by Gasteiger charge is 2.17. The number of aryl methyl sites for hydroxylation is 1. The third kappa shape index (κ3) is 4.19. The number of nitrogens with zero attached hydrogens (tertiary/aromatic N) is 3. The van der Waals surface area contributed by atoms with E-state index in [1.807, 2.05) is 24.4 Å². The molecule has 2 aromatic rings. The van der Waals surface area contributed by atoms with E-state index >= 15 is 0 Å². The monoisotopic (exact) mass is 331 g/mol. The van der Waals surface area contributed by atoms with Gasteiger partial charge in [-0.2, -0.15) is 0 Å². The second-order valence-corrected chi connectivity index (χ2v) is 6.62. The van der Waals surface area contributed by atoms with Crippen molar-refractivity contribution in [2.45, 2.75) is 26.2 Å². The molecule has 0 radical (unpaired) electrons. The Bertz CT molecular complexity index is 666. The molecule has 6 nitrogen and oxygen atoms in total. The Morgan fingerprint density at radius 1 is 1.39 bits per heavy atom. The average molecular weight is 331 g/mol. The summed E-state index contributed by atoms with van der Waals surface area (Å²) < 4.78 is 0. The summed E-state index contributed by atoms with van der Waals surface area (Å²) in [5.41, 5.74) is 1.78. The maximum atomic E-state index is 12.1. The highest BCUT2D eigenvalue weighted by Crippen LogP contribution is 2.25. The summed E-state index contributed by atoms with van der Waals surface area (Å²) in [5, 5.41) is 8.86. The summed E-state index contributed by atoms with van der Waals surface area (Å²) >= 11 is 1.63. The first-order chi connectivity index (χ1) is 11.2.